The molecule has 8 nitrogen and oxygen atoms in total. The van der Waals surface area contributed by atoms with E-state index in [-0.39, 0.29) is 17.6 Å². The molecule has 0 aliphatic carbocycles. The molecule has 1 aliphatic rings. The lowest BCUT2D eigenvalue weighted by Gasteiger charge is -2.16. The number of anilines is 2. The standard InChI is InChI=1S/C20H20N6O2S/c21-26-19(14-6-2-1-3-7-14)23-24-20(26)29-13-17(27)22-15-8-4-9-16(12-15)25-11-5-10-18(25)28/h1-4,6-9,12H,5,10-11,13,21H2,(H,22,27). The average Bonchev–Trinajstić information content (AvgIpc) is 3.33. The van der Waals surface area contributed by atoms with Gasteiger partial charge in [-0.15, -0.1) is 10.2 Å². The first-order valence-electron chi connectivity index (χ1n) is 9.21. The van der Waals surface area contributed by atoms with Crippen molar-refractivity contribution in [2.45, 2.75) is 18.0 Å². The molecule has 1 aromatic heterocycles. The van der Waals surface area contributed by atoms with E-state index >= 15 is 0 Å². The summed E-state index contributed by atoms with van der Waals surface area (Å²) in [7, 11) is 0. The average molecular weight is 408 g/mol. The van der Waals surface area contributed by atoms with Crippen LogP contribution in [0.3, 0.4) is 0 Å². The number of nitrogens with one attached hydrogen (secondary N) is 1. The number of amides is 2. The summed E-state index contributed by atoms with van der Waals surface area (Å²) in [5.41, 5.74) is 2.30. The molecule has 2 heterocycles. The second-order valence-electron chi connectivity index (χ2n) is 6.58. The van der Waals surface area contributed by atoms with E-state index in [4.69, 9.17) is 5.84 Å². The van der Waals surface area contributed by atoms with Crippen molar-refractivity contribution >= 4 is 35.0 Å². The molecule has 1 aliphatic heterocycles. The molecule has 3 N–H and O–H groups in total. The van der Waals surface area contributed by atoms with Crippen LogP contribution in [0.2, 0.25) is 0 Å². The fourth-order valence-electron chi connectivity index (χ4n) is 3.16. The number of aromatic nitrogens is 3. The van der Waals surface area contributed by atoms with Gasteiger partial charge in [-0.25, -0.2) is 4.68 Å². The van der Waals surface area contributed by atoms with Crippen molar-refractivity contribution in [3.05, 3.63) is 54.6 Å². The van der Waals surface area contributed by atoms with Gasteiger partial charge in [0.05, 0.1) is 5.75 Å². The van der Waals surface area contributed by atoms with Gasteiger partial charge in [-0.2, -0.15) is 0 Å². The first-order valence-corrected chi connectivity index (χ1v) is 10.2. The molecule has 0 bridgehead atoms. The minimum Gasteiger partial charge on any atom is -0.335 e. The van der Waals surface area contributed by atoms with Crippen molar-refractivity contribution in [2.75, 3.05) is 28.4 Å². The van der Waals surface area contributed by atoms with Gasteiger partial charge < -0.3 is 16.1 Å². The Morgan fingerprint density at radius 3 is 2.72 bits per heavy atom. The van der Waals surface area contributed by atoms with E-state index < -0.39 is 0 Å². The van der Waals surface area contributed by atoms with E-state index in [0.717, 1.165) is 17.7 Å². The van der Waals surface area contributed by atoms with Crippen LogP contribution >= 0.6 is 11.8 Å². The second-order valence-corrected chi connectivity index (χ2v) is 7.52. The van der Waals surface area contributed by atoms with Crippen LogP contribution in [0, 0.1) is 0 Å². The number of benzene rings is 2. The number of nitrogen functional groups attached to an aromatic ring is 1. The lowest BCUT2D eigenvalue weighted by atomic mass is 10.2. The van der Waals surface area contributed by atoms with Gasteiger partial charge in [0.15, 0.2) is 5.82 Å². The lowest BCUT2D eigenvalue weighted by Crippen LogP contribution is -2.24. The summed E-state index contributed by atoms with van der Waals surface area (Å²) in [6.45, 7) is 0.710. The Morgan fingerprint density at radius 2 is 1.97 bits per heavy atom. The summed E-state index contributed by atoms with van der Waals surface area (Å²) in [5.74, 6) is 6.67. The number of carbonyl (C=O) groups excluding carboxylic acids is 2. The molecule has 9 heteroatoms. The Morgan fingerprint density at radius 1 is 1.14 bits per heavy atom. The molecule has 2 aromatic carbocycles. The number of carbonyl (C=O) groups is 2. The second kappa shape index (κ2) is 8.36. The van der Waals surface area contributed by atoms with E-state index in [0.29, 0.717) is 29.6 Å². The van der Waals surface area contributed by atoms with Gasteiger partial charge in [-0.3, -0.25) is 9.59 Å². The molecule has 1 fully saturated rings. The van der Waals surface area contributed by atoms with Crippen LogP contribution in [-0.2, 0) is 9.59 Å². The highest BCUT2D eigenvalue weighted by molar-refractivity contribution is 7.99. The molecular formula is C20H20N6O2S. The molecule has 148 valence electrons. The molecule has 3 aromatic rings. The van der Waals surface area contributed by atoms with Crippen molar-refractivity contribution < 1.29 is 9.59 Å². The van der Waals surface area contributed by atoms with Crippen molar-refractivity contribution in [3.63, 3.8) is 0 Å². The fraction of sp³-hybridized carbons (Fsp3) is 0.200. The monoisotopic (exact) mass is 408 g/mol. The van der Waals surface area contributed by atoms with Crippen molar-refractivity contribution in [2.24, 2.45) is 0 Å². The molecule has 0 radical (unpaired) electrons. The Balaban J connectivity index is 1.38. The van der Waals surface area contributed by atoms with E-state index in [2.05, 4.69) is 15.5 Å². The number of rotatable bonds is 6. The van der Waals surface area contributed by atoms with Crippen LogP contribution in [0.1, 0.15) is 12.8 Å². The van der Waals surface area contributed by atoms with Crippen LogP contribution < -0.4 is 16.1 Å². The third-order valence-electron chi connectivity index (χ3n) is 4.54. The first-order chi connectivity index (χ1) is 14.1. The molecule has 2 amide bonds. The van der Waals surface area contributed by atoms with Crippen LogP contribution in [0.25, 0.3) is 11.4 Å². The minimum absolute atomic E-state index is 0.112. The number of nitrogens with two attached hydrogens (primary N) is 1. The predicted molar refractivity (Wildman–Crippen MR) is 113 cm³/mol. The molecule has 0 unspecified atom stereocenters. The van der Waals surface area contributed by atoms with Crippen LogP contribution in [0.4, 0.5) is 11.4 Å². The van der Waals surface area contributed by atoms with Gasteiger partial charge >= 0.3 is 0 Å². The fourth-order valence-corrected chi connectivity index (χ4v) is 3.82. The zero-order chi connectivity index (χ0) is 20.2. The Labute approximate surface area is 172 Å². The SMILES string of the molecule is Nn1c(SCC(=O)Nc2cccc(N3CCCC3=O)c2)nnc1-c1ccccc1. The molecule has 0 saturated carbocycles. The maximum absolute atomic E-state index is 12.4. The first kappa shape index (κ1) is 19.0. The smallest absolute Gasteiger partial charge is 0.234 e. The topological polar surface area (TPSA) is 106 Å². The van der Waals surface area contributed by atoms with Gasteiger partial charge in [0.1, 0.15) is 0 Å². The summed E-state index contributed by atoms with van der Waals surface area (Å²) in [4.78, 5) is 26.0. The zero-order valence-electron chi connectivity index (χ0n) is 15.6. The van der Waals surface area contributed by atoms with Crippen LogP contribution in [0.15, 0.2) is 59.8 Å². The summed E-state index contributed by atoms with van der Waals surface area (Å²) in [6.07, 6.45) is 1.43. The number of thioether (sulfide) groups is 1. The highest BCUT2D eigenvalue weighted by atomic mass is 32.2. The normalized spacial score (nSPS) is 13.7. The molecular weight excluding hydrogens is 388 g/mol. The van der Waals surface area contributed by atoms with Gasteiger partial charge in [0, 0.05) is 29.9 Å². The maximum Gasteiger partial charge on any atom is 0.234 e. The minimum atomic E-state index is -0.191. The Kier molecular flexibility index (Phi) is 5.48. The van der Waals surface area contributed by atoms with Gasteiger partial charge in [0.25, 0.3) is 0 Å². The van der Waals surface area contributed by atoms with Gasteiger partial charge in [0.2, 0.25) is 17.0 Å². The van der Waals surface area contributed by atoms with E-state index in [1.54, 1.807) is 11.0 Å². The quantitative estimate of drug-likeness (QED) is 0.480. The third kappa shape index (κ3) is 4.24. The zero-order valence-corrected chi connectivity index (χ0v) is 16.4. The molecule has 4 rings (SSSR count). The predicted octanol–water partition coefficient (Wildman–Crippen LogP) is 2.52. The van der Waals surface area contributed by atoms with Gasteiger partial charge in [-0.1, -0.05) is 48.2 Å². The molecule has 0 spiro atoms. The lowest BCUT2D eigenvalue weighted by molar-refractivity contribution is -0.117. The van der Waals surface area contributed by atoms with Crippen LogP contribution in [-0.4, -0.2) is 39.0 Å². The number of nitrogens with zero attached hydrogens (tertiary/aromatic N) is 4. The number of hydrogen-bond donors (Lipinski definition) is 2. The number of hydrogen-bond acceptors (Lipinski definition) is 6. The van der Waals surface area contributed by atoms with Crippen molar-refractivity contribution in [3.8, 4) is 11.4 Å². The largest absolute Gasteiger partial charge is 0.335 e. The summed E-state index contributed by atoms with van der Waals surface area (Å²) in [6, 6.07) is 16.8. The Hall–Kier alpha value is -3.33. The highest BCUT2D eigenvalue weighted by Crippen LogP contribution is 2.25. The maximum atomic E-state index is 12.4. The summed E-state index contributed by atoms with van der Waals surface area (Å²) >= 11 is 1.21. The molecule has 1 saturated heterocycles. The van der Waals surface area contributed by atoms with Gasteiger partial charge in [-0.05, 0) is 24.6 Å². The van der Waals surface area contributed by atoms with Crippen LogP contribution in [0.5, 0.6) is 0 Å². The van der Waals surface area contributed by atoms with E-state index in [1.807, 2.05) is 48.5 Å². The third-order valence-corrected chi connectivity index (χ3v) is 5.49. The van der Waals surface area contributed by atoms with Crippen molar-refractivity contribution in [1.29, 1.82) is 0 Å². The molecule has 0 atom stereocenters. The van der Waals surface area contributed by atoms with E-state index in [1.165, 1.54) is 16.4 Å². The highest BCUT2D eigenvalue weighted by Gasteiger charge is 2.22. The summed E-state index contributed by atoms with van der Waals surface area (Å²) < 4.78 is 1.38. The van der Waals surface area contributed by atoms with E-state index in [9.17, 15) is 9.59 Å². The summed E-state index contributed by atoms with van der Waals surface area (Å²) in [5, 5.41) is 11.5. The van der Waals surface area contributed by atoms with Crippen molar-refractivity contribution in [1.82, 2.24) is 14.9 Å². The Bertz CT molecular complexity index is 1040. The molecule has 29 heavy (non-hydrogen) atoms.